The number of hydrogen-bond acceptors (Lipinski definition) is 4. The molecule has 0 bridgehead atoms. The Kier molecular flexibility index (Phi) is 4.01. The normalized spacial score (nSPS) is 12.1. The Hall–Kier alpha value is -1.18. The van der Waals surface area contributed by atoms with Gasteiger partial charge in [-0.2, -0.15) is 0 Å². The molecule has 0 saturated heterocycles. The zero-order valence-corrected chi connectivity index (χ0v) is 9.73. The summed E-state index contributed by atoms with van der Waals surface area (Å²) >= 11 is 1.54. The summed E-state index contributed by atoms with van der Waals surface area (Å²) in [6, 6.07) is -0.556. The number of terminal acetylenes is 1. The van der Waals surface area contributed by atoms with E-state index in [0.717, 1.165) is 15.6 Å². The molecule has 0 aliphatic heterocycles. The van der Waals surface area contributed by atoms with E-state index in [1.165, 1.54) is 11.3 Å². The largest absolute Gasteiger partial charge is 0.321 e. The van der Waals surface area contributed by atoms with Crippen LogP contribution in [-0.2, 0) is 11.2 Å². The Bertz CT molecular complexity index is 384. The van der Waals surface area contributed by atoms with E-state index in [9.17, 15) is 4.79 Å². The van der Waals surface area contributed by atoms with Crippen molar-refractivity contribution in [1.29, 1.82) is 0 Å². The van der Waals surface area contributed by atoms with Crippen molar-refractivity contribution >= 4 is 17.1 Å². The van der Waals surface area contributed by atoms with Gasteiger partial charge < -0.3 is 5.73 Å². The number of hydrogen-bond donors (Lipinski definition) is 1. The number of rotatable bonds is 4. The minimum atomic E-state index is -0.556. The Morgan fingerprint density at radius 2 is 2.33 bits per heavy atom. The summed E-state index contributed by atoms with van der Waals surface area (Å²) in [5, 5.41) is 0.822. The third-order valence-electron chi connectivity index (χ3n) is 2.15. The highest BCUT2D eigenvalue weighted by Crippen LogP contribution is 2.17. The van der Waals surface area contributed by atoms with Crippen molar-refractivity contribution in [3.05, 3.63) is 15.6 Å². The third kappa shape index (κ3) is 3.15. The van der Waals surface area contributed by atoms with E-state index in [0.29, 0.717) is 12.8 Å². The minimum Gasteiger partial charge on any atom is -0.321 e. The predicted molar refractivity (Wildman–Crippen MR) is 61.7 cm³/mol. The molecular formula is C11H14N2OS. The van der Waals surface area contributed by atoms with Crippen molar-refractivity contribution in [3.8, 4) is 12.3 Å². The second-order valence-electron chi connectivity index (χ2n) is 3.41. The molecule has 3 nitrogen and oxygen atoms in total. The molecule has 80 valence electrons. The SMILES string of the molecule is C#CCC(N)C(=O)Cc1nc(C)c(C)s1. The van der Waals surface area contributed by atoms with Crippen molar-refractivity contribution in [1.82, 2.24) is 4.98 Å². The van der Waals surface area contributed by atoms with Crippen LogP contribution in [0.3, 0.4) is 0 Å². The van der Waals surface area contributed by atoms with Crippen molar-refractivity contribution in [2.45, 2.75) is 32.7 Å². The summed E-state index contributed by atoms with van der Waals surface area (Å²) in [5.41, 5.74) is 6.59. The molecule has 1 aromatic rings. The molecule has 0 radical (unpaired) electrons. The summed E-state index contributed by atoms with van der Waals surface area (Å²) in [6.07, 6.45) is 5.68. The summed E-state index contributed by atoms with van der Waals surface area (Å²) in [7, 11) is 0. The van der Waals surface area contributed by atoms with Crippen molar-refractivity contribution in [2.75, 3.05) is 0 Å². The molecule has 0 saturated carbocycles. The fourth-order valence-electron chi connectivity index (χ4n) is 1.14. The van der Waals surface area contributed by atoms with E-state index in [1.54, 1.807) is 0 Å². The highest BCUT2D eigenvalue weighted by Gasteiger charge is 2.15. The number of aromatic nitrogens is 1. The number of nitrogens with zero attached hydrogens (tertiary/aromatic N) is 1. The van der Waals surface area contributed by atoms with Gasteiger partial charge in [0, 0.05) is 11.3 Å². The van der Waals surface area contributed by atoms with Crippen LogP contribution >= 0.6 is 11.3 Å². The van der Waals surface area contributed by atoms with Crippen LogP contribution in [-0.4, -0.2) is 16.8 Å². The zero-order valence-electron chi connectivity index (χ0n) is 8.91. The third-order valence-corrected chi connectivity index (χ3v) is 3.22. The van der Waals surface area contributed by atoms with Gasteiger partial charge >= 0.3 is 0 Å². The second-order valence-corrected chi connectivity index (χ2v) is 4.69. The van der Waals surface area contributed by atoms with Crippen LogP contribution in [0, 0.1) is 26.2 Å². The first kappa shape index (κ1) is 11.9. The Morgan fingerprint density at radius 1 is 1.67 bits per heavy atom. The number of ketones is 1. The molecule has 0 aliphatic carbocycles. The first-order valence-corrected chi connectivity index (χ1v) is 5.51. The van der Waals surface area contributed by atoms with Crippen LogP contribution < -0.4 is 5.73 Å². The van der Waals surface area contributed by atoms with Gasteiger partial charge in [-0.1, -0.05) is 0 Å². The molecule has 15 heavy (non-hydrogen) atoms. The maximum atomic E-state index is 11.6. The molecule has 0 spiro atoms. The van der Waals surface area contributed by atoms with Gasteiger partial charge in [0.2, 0.25) is 0 Å². The average Bonchev–Trinajstić information content (AvgIpc) is 2.46. The molecule has 2 N–H and O–H groups in total. The predicted octanol–water partition coefficient (Wildman–Crippen LogP) is 1.22. The lowest BCUT2D eigenvalue weighted by molar-refractivity contribution is -0.119. The Labute approximate surface area is 93.7 Å². The summed E-state index contributed by atoms with van der Waals surface area (Å²) in [6.45, 7) is 3.92. The number of aryl methyl sites for hydroxylation is 2. The first-order chi connectivity index (χ1) is 7.04. The Morgan fingerprint density at radius 3 is 2.80 bits per heavy atom. The number of Topliss-reactive ketones (excluding diaryl/α,β-unsaturated/α-hetero) is 1. The van der Waals surface area contributed by atoms with Crippen LogP contribution in [0.5, 0.6) is 0 Å². The standard InChI is InChI=1S/C11H14N2OS/c1-4-5-9(12)10(14)6-11-13-7(2)8(3)15-11/h1,9H,5-6,12H2,2-3H3. The zero-order chi connectivity index (χ0) is 11.4. The maximum Gasteiger partial charge on any atom is 0.157 e. The molecular weight excluding hydrogens is 208 g/mol. The fourth-order valence-corrected chi connectivity index (χ4v) is 2.08. The van der Waals surface area contributed by atoms with Crippen LogP contribution in [0.1, 0.15) is 22.0 Å². The molecule has 4 heteroatoms. The molecule has 1 heterocycles. The van der Waals surface area contributed by atoms with Crippen LogP contribution in [0.15, 0.2) is 0 Å². The molecule has 1 atom stereocenters. The number of nitrogens with two attached hydrogens (primary N) is 1. The van der Waals surface area contributed by atoms with Crippen molar-refractivity contribution in [3.63, 3.8) is 0 Å². The molecule has 1 aromatic heterocycles. The van der Waals surface area contributed by atoms with Gasteiger partial charge in [-0.3, -0.25) is 4.79 Å². The smallest absolute Gasteiger partial charge is 0.157 e. The van der Waals surface area contributed by atoms with E-state index < -0.39 is 6.04 Å². The lowest BCUT2D eigenvalue weighted by atomic mass is 10.1. The Balaban J connectivity index is 2.63. The molecule has 1 rings (SSSR count). The second kappa shape index (κ2) is 5.06. The first-order valence-electron chi connectivity index (χ1n) is 4.69. The van der Waals surface area contributed by atoms with E-state index >= 15 is 0 Å². The van der Waals surface area contributed by atoms with Crippen LogP contribution in [0.4, 0.5) is 0 Å². The maximum absolute atomic E-state index is 11.6. The summed E-state index contributed by atoms with van der Waals surface area (Å²) < 4.78 is 0. The van der Waals surface area contributed by atoms with Gasteiger partial charge in [-0.15, -0.1) is 23.7 Å². The summed E-state index contributed by atoms with van der Waals surface area (Å²) in [5.74, 6) is 2.35. The lowest BCUT2D eigenvalue weighted by Crippen LogP contribution is -2.31. The van der Waals surface area contributed by atoms with Crippen molar-refractivity contribution < 1.29 is 4.79 Å². The number of thiazole rings is 1. The van der Waals surface area contributed by atoms with E-state index in [4.69, 9.17) is 12.2 Å². The van der Waals surface area contributed by atoms with Crippen LogP contribution in [0.2, 0.25) is 0 Å². The number of carbonyl (C=O) groups is 1. The molecule has 0 aromatic carbocycles. The van der Waals surface area contributed by atoms with E-state index in [-0.39, 0.29) is 5.78 Å². The highest BCUT2D eigenvalue weighted by atomic mass is 32.1. The average molecular weight is 222 g/mol. The fraction of sp³-hybridized carbons (Fsp3) is 0.455. The van der Waals surface area contributed by atoms with Gasteiger partial charge in [0.1, 0.15) is 5.01 Å². The number of carbonyl (C=O) groups excluding carboxylic acids is 1. The highest BCUT2D eigenvalue weighted by molar-refractivity contribution is 7.11. The van der Waals surface area contributed by atoms with Gasteiger partial charge in [0.25, 0.3) is 0 Å². The topological polar surface area (TPSA) is 56.0 Å². The molecule has 0 aliphatic rings. The molecule has 0 fully saturated rings. The van der Waals surface area contributed by atoms with Gasteiger partial charge in [-0.25, -0.2) is 4.98 Å². The van der Waals surface area contributed by atoms with Crippen molar-refractivity contribution in [2.24, 2.45) is 5.73 Å². The minimum absolute atomic E-state index is 0.0401. The summed E-state index contributed by atoms with van der Waals surface area (Å²) in [4.78, 5) is 17.0. The van der Waals surface area contributed by atoms with Gasteiger partial charge in [0.05, 0.1) is 18.2 Å². The van der Waals surface area contributed by atoms with E-state index in [2.05, 4.69) is 10.9 Å². The molecule has 1 unspecified atom stereocenters. The monoisotopic (exact) mass is 222 g/mol. The lowest BCUT2D eigenvalue weighted by Gasteiger charge is -2.04. The molecule has 0 amide bonds. The quantitative estimate of drug-likeness (QED) is 0.779. The van der Waals surface area contributed by atoms with Gasteiger partial charge in [0.15, 0.2) is 5.78 Å². The van der Waals surface area contributed by atoms with E-state index in [1.807, 2.05) is 13.8 Å². The van der Waals surface area contributed by atoms with Crippen LogP contribution in [0.25, 0.3) is 0 Å². The van der Waals surface area contributed by atoms with Gasteiger partial charge in [-0.05, 0) is 13.8 Å².